The summed E-state index contributed by atoms with van der Waals surface area (Å²) in [6, 6.07) is 10.1. The zero-order valence-electron chi connectivity index (χ0n) is 12.1. The number of hydrogen-bond donors (Lipinski definition) is 1. The van der Waals surface area contributed by atoms with Crippen molar-refractivity contribution in [2.45, 2.75) is 6.42 Å². The summed E-state index contributed by atoms with van der Waals surface area (Å²) >= 11 is 0. The average molecular weight is 280 g/mol. The van der Waals surface area contributed by atoms with E-state index in [0.29, 0.717) is 32.8 Å². The number of ether oxygens (including phenoxy) is 2. The molecular formula is C15H24N2O3. The summed E-state index contributed by atoms with van der Waals surface area (Å²) < 4.78 is 10.1. The van der Waals surface area contributed by atoms with Crippen LogP contribution in [0.3, 0.4) is 0 Å². The molecule has 0 aromatic heterocycles. The van der Waals surface area contributed by atoms with Crippen LogP contribution in [-0.2, 0) is 20.7 Å². The molecule has 2 N–H and O–H groups in total. The summed E-state index contributed by atoms with van der Waals surface area (Å²) in [5.74, 6) is -0.0255. The molecule has 1 rings (SSSR count). The number of hydrogen-bond acceptors (Lipinski definition) is 4. The van der Waals surface area contributed by atoms with Gasteiger partial charge >= 0.3 is 0 Å². The predicted molar refractivity (Wildman–Crippen MR) is 78.5 cm³/mol. The summed E-state index contributed by atoms with van der Waals surface area (Å²) in [7, 11) is 1.60. The van der Waals surface area contributed by atoms with Crippen LogP contribution in [0.5, 0.6) is 0 Å². The third kappa shape index (κ3) is 6.65. The molecular weight excluding hydrogens is 256 g/mol. The predicted octanol–water partition coefficient (Wildman–Crippen LogP) is 0.679. The Morgan fingerprint density at radius 2 is 1.95 bits per heavy atom. The Kier molecular flexibility index (Phi) is 8.62. The van der Waals surface area contributed by atoms with Crippen LogP contribution >= 0.6 is 0 Å². The smallest absolute Gasteiger partial charge is 0.248 e. The van der Waals surface area contributed by atoms with Gasteiger partial charge < -0.3 is 20.1 Å². The van der Waals surface area contributed by atoms with Gasteiger partial charge in [0, 0.05) is 26.7 Å². The van der Waals surface area contributed by atoms with E-state index in [2.05, 4.69) is 12.1 Å². The van der Waals surface area contributed by atoms with Gasteiger partial charge in [0.25, 0.3) is 0 Å². The molecule has 1 aromatic carbocycles. The summed E-state index contributed by atoms with van der Waals surface area (Å²) in [6.07, 6.45) is 0.824. The normalized spacial score (nSPS) is 10.5. The van der Waals surface area contributed by atoms with Gasteiger partial charge in [-0.05, 0) is 12.0 Å². The van der Waals surface area contributed by atoms with Crippen molar-refractivity contribution in [2.24, 2.45) is 5.73 Å². The van der Waals surface area contributed by atoms with E-state index in [9.17, 15) is 4.79 Å². The summed E-state index contributed by atoms with van der Waals surface area (Å²) in [4.78, 5) is 13.8. The number of amides is 1. The van der Waals surface area contributed by atoms with E-state index in [1.165, 1.54) is 5.56 Å². The average Bonchev–Trinajstić information content (AvgIpc) is 2.49. The number of methoxy groups -OCH3 is 1. The van der Waals surface area contributed by atoms with Gasteiger partial charge in [-0.1, -0.05) is 30.3 Å². The van der Waals surface area contributed by atoms with E-state index in [4.69, 9.17) is 15.2 Å². The first-order valence-corrected chi connectivity index (χ1v) is 6.86. The molecule has 5 heteroatoms. The Morgan fingerprint density at radius 1 is 1.20 bits per heavy atom. The van der Waals surface area contributed by atoms with Crippen LogP contribution in [0.4, 0.5) is 0 Å². The second-order valence-corrected chi connectivity index (χ2v) is 4.45. The van der Waals surface area contributed by atoms with Crippen LogP contribution in [0, 0.1) is 0 Å². The Bertz CT molecular complexity index is 371. The highest BCUT2D eigenvalue weighted by atomic mass is 16.5. The molecule has 0 fully saturated rings. The lowest BCUT2D eigenvalue weighted by Crippen LogP contribution is -2.39. The third-order valence-electron chi connectivity index (χ3n) is 2.92. The van der Waals surface area contributed by atoms with Crippen LogP contribution in [-0.4, -0.2) is 57.4 Å². The number of carbonyl (C=O) groups is 1. The second-order valence-electron chi connectivity index (χ2n) is 4.45. The largest absolute Gasteiger partial charge is 0.382 e. The number of rotatable bonds is 10. The Hall–Kier alpha value is -1.43. The monoisotopic (exact) mass is 280 g/mol. The van der Waals surface area contributed by atoms with Gasteiger partial charge in [-0.15, -0.1) is 0 Å². The molecule has 0 heterocycles. The highest BCUT2D eigenvalue weighted by molar-refractivity contribution is 5.77. The van der Waals surface area contributed by atoms with E-state index >= 15 is 0 Å². The molecule has 0 saturated carbocycles. The van der Waals surface area contributed by atoms with Gasteiger partial charge in [0.1, 0.15) is 6.61 Å². The SMILES string of the molecule is COCCOCC(=O)N(CCN)CCc1ccccc1. The first-order chi connectivity index (χ1) is 9.77. The Morgan fingerprint density at radius 3 is 2.60 bits per heavy atom. The fourth-order valence-electron chi connectivity index (χ4n) is 1.82. The molecule has 1 aromatic rings. The number of nitrogens with zero attached hydrogens (tertiary/aromatic N) is 1. The van der Waals surface area contributed by atoms with Crippen molar-refractivity contribution in [3.63, 3.8) is 0 Å². The topological polar surface area (TPSA) is 64.8 Å². The van der Waals surface area contributed by atoms with E-state index in [-0.39, 0.29) is 12.5 Å². The molecule has 0 aliphatic heterocycles. The van der Waals surface area contributed by atoms with Crippen molar-refractivity contribution in [3.05, 3.63) is 35.9 Å². The molecule has 5 nitrogen and oxygen atoms in total. The maximum Gasteiger partial charge on any atom is 0.248 e. The minimum atomic E-state index is -0.0255. The first-order valence-electron chi connectivity index (χ1n) is 6.86. The van der Waals surface area contributed by atoms with Crippen molar-refractivity contribution < 1.29 is 14.3 Å². The minimum Gasteiger partial charge on any atom is -0.382 e. The van der Waals surface area contributed by atoms with Gasteiger partial charge in [0.05, 0.1) is 13.2 Å². The molecule has 0 bridgehead atoms. The highest BCUT2D eigenvalue weighted by Crippen LogP contribution is 2.02. The first kappa shape index (κ1) is 16.6. The lowest BCUT2D eigenvalue weighted by atomic mass is 10.1. The second kappa shape index (κ2) is 10.4. The van der Waals surface area contributed by atoms with Crippen LogP contribution in [0.1, 0.15) is 5.56 Å². The van der Waals surface area contributed by atoms with Gasteiger partial charge in [0.2, 0.25) is 5.91 Å². The number of carbonyl (C=O) groups excluding carboxylic acids is 1. The maximum absolute atomic E-state index is 12.0. The highest BCUT2D eigenvalue weighted by Gasteiger charge is 2.12. The standard InChI is InChI=1S/C15H24N2O3/c1-19-11-12-20-13-15(18)17(10-8-16)9-7-14-5-3-2-4-6-14/h2-6H,7-13,16H2,1H3. The van der Waals surface area contributed by atoms with E-state index in [1.54, 1.807) is 12.0 Å². The van der Waals surface area contributed by atoms with Crippen molar-refractivity contribution in [1.82, 2.24) is 4.90 Å². The van der Waals surface area contributed by atoms with Gasteiger partial charge in [-0.25, -0.2) is 0 Å². The van der Waals surface area contributed by atoms with E-state index < -0.39 is 0 Å². The molecule has 0 saturated heterocycles. The van der Waals surface area contributed by atoms with Crippen LogP contribution in [0.15, 0.2) is 30.3 Å². The van der Waals surface area contributed by atoms with Crippen molar-refractivity contribution in [2.75, 3.05) is 46.6 Å². The fourth-order valence-corrected chi connectivity index (χ4v) is 1.82. The van der Waals surface area contributed by atoms with Crippen LogP contribution in [0.25, 0.3) is 0 Å². The quantitative estimate of drug-likeness (QED) is 0.640. The summed E-state index contributed by atoms with van der Waals surface area (Å²) in [5, 5.41) is 0. The minimum absolute atomic E-state index is 0.0255. The summed E-state index contributed by atoms with van der Waals surface area (Å²) in [5.41, 5.74) is 6.77. The molecule has 0 unspecified atom stereocenters. The zero-order valence-corrected chi connectivity index (χ0v) is 12.1. The van der Waals surface area contributed by atoms with Gasteiger partial charge in [0.15, 0.2) is 0 Å². The molecule has 0 atom stereocenters. The number of nitrogens with two attached hydrogens (primary N) is 1. The zero-order chi connectivity index (χ0) is 14.6. The van der Waals surface area contributed by atoms with E-state index in [0.717, 1.165) is 6.42 Å². The van der Waals surface area contributed by atoms with Crippen LogP contribution < -0.4 is 5.73 Å². The third-order valence-corrected chi connectivity index (χ3v) is 2.92. The fraction of sp³-hybridized carbons (Fsp3) is 0.533. The molecule has 0 aliphatic carbocycles. The summed E-state index contributed by atoms with van der Waals surface area (Å²) in [6.45, 7) is 2.68. The van der Waals surface area contributed by atoms with E-state index in [1.807, 2.05) is 18.2 Å². The maximum atomic E-state index is 12.0. The molecule has 0 aliphatic rings. The lowest BCUT2D eigenvalue weighted by Gasteiger charge is -2.22. The van der Waals surface area contributed by atoms with Gasteiger partial charge in [-0.2, -0.15) is 0 Å². The van der Waals surface area contributed by atoms with Crippen LogP contribution in [0.2, 0.25) is 0 Å². The number of benzene rings is 1. The van der Waals surface area contributed by atoms with Crippen molar-refractivity contribution in [3.8, 4) is 0 Å². The molecule has 112 valence electrons. The Labute approximate surface area is 120 Å². The molecule has 1 amide bonds. The molecule has 20 heavy (non-hydrogen) atoms. The lowest BCUT2D eigenvalue weighted by molar-refractivity contribution is -0.136. The van der Waals surface area contributed by atoms with Crippen molar-refractivity contribution in [1.29, 1.82) is 0 Å². The van der Waals surface area contributed by atoms with Crippen molar-refractivity contribution >= 4 is 5.91 Å². The molecule has 0 spiro atoms. The molecule has 0 radical (unpaired) electrons. The van der Waals surface area contributed by atoms with Gasteiger partial charge in [-0.3, -0.25) is 4.79 Å². The Balaban J connectivity index is 2.36.